The average molecular weight is 331 g/mol. The van der Waals surface area contributed by atoms with E-state index in [-0.39, 0.29) is 17.2 Å². The highest BCUT2D eigenvalue weighted by Gasteiger charge is 2.14. The van der Waals surface area contributed by atoms with Gasteiger partial charge in [-0.1, -0.05) is 15.9 Å². The summed E-state index contributed by atoms with van der Waals surface area (Å²) in [5, 5.41) is 8.77. The van der Waals surface area contributed by atoms with Gasteiger partial charge in [0.1, 0.15) is 5.82 Å². The van der Waals surface area contributed by atoms with Gasteiger partial charge < -0.3 is 5.73 Å². The highest BCUT2D eigenvalue weighted by molar-refractivity contribution is 9.10. The molecule has 0 saturated heterocycles. The molecule has 2 N–H and O–H groups in total. The Morgan fingerprint density at radius 3 is 2.75 bits per heavy atom. The molecule has 0 aliphatic rings. The Balaban J connectivity index is 2.30. The van der Waals surface area contributed by atoms with Gasteiger partial charge in [-0.05, 0) is 36.4 Å². The first-order valence-corrected chi connectivity index (χ1v) is 6.53. The summed E-state index contributed by atoms with van der Waals surface area (Å²) in [6.07, 6.45) is 0. The quantitative estimate of drug-likeness (QED) is 0.743. The van der Waals surface area contributed by atoms with Crippen molar-refractivity contribution < 1.29 is 4.39 Å². The van der Waals surface area contributed by atoms with Crippen molar-refractivity contribution in [3.63, 3.8) is 0 Å². The topological polar surface area (TPSA) is 67.6 Å². The van der Waals surface area contributed by atoms with Crippen molar-refractivity contribution >= 4 is 32.9 Å². The van der Waals surface area contributed by atoms with Crippen LogP contribution in [0.3, 0.4) is 0 Å². The number of halogens is 2. The first-order chi connectivity index (χ1) is 9.60. The highest BCUT2D eigenvalue weighted by Crippen LogP contribution is 2.27. The Hall–Kier alpha value is -2.39. The number of imidazole rings is 1. The van der Waals surface area contributed by atoms with Crippen LogP contribution in [-0.2, 0) is 0 Å². The first kappa shape index (κ1) is 12.6. The minimum atomic E-state index is -0.516. The second-order valence-electron chi connectivity index (χ2n) is 4.22. The van der Waals surface area contributed by atoms with Crippen LogP contribution < -0.4 is 5.73 Å². The van der Waals surface area contributed by atoms with E-state index in [9.17, 15) is 4.39 Å². The number of anilines is 1. The zero-order valence-electron chi connectivity index (χ0n) is 10.1. The maximum absolute atomic E-state index is 14.1. The number of nitrogens with zero attached hydrogens (tertiary/aromatic N) is 3. The molecule has 4 nitrogen and oxygen atoms in total. The molecule has 1 aromatic heterocycles. The molecule has 0 aliphatic carbocycles. The van der Waals surface area contributed by atoms with E-state index in [1.165, 1.54) is 16.7 Å². The summed E-state index contributed by atoms with van der Waals surface area (Å²) < 4.78 is 16.5. The SMILES string of the molecule is N#Cc1ccc(-n2c(N)nc3cc(Br)ccc32)c(F)c1. The summed E-state index contributed by atoms with van der Waals surface area (Å²) in [5.41, 5.74) is 7.78. The lowest BCUT2D eigenvalue weighted by atomic mass is 10.2. The number of hydrogen-bond acceptors (Lipinski definition) is 3. The second kappa shape index (κ2) is 4.62. The minimum Gasteiger partial charge on any atom is -0.369 e. The number of fused-ring (bicyclic) bond motifs is 1. The van der Waals surface area contributed by atoms with Crippen molar-refractivity contribution in [1.82, 2.24) is 9.55 Å². The van der Waals surface area contributed by atoms with Crippen LogP contribution in [0.1, 0.15) is 5.56 Å². The normalized spacial score (nSPS) is 10.7. The molecule has 0 amide bonds. The van der Waals surface area contributed by atoms with E-state index in [2.05, 4.69) is 20.9 Å². The molecular weight excluding hydrogens is 323 g/mol. The summed E-state index contributed by atoms with van der Waals surface area (Å²) in [7, 11) is 0. The van der Waals surface area contributed by atoms with E-state index < -0.39 is 5.82 Å². The van der Waals surface area contributed by atoms with Gasteiger partial charge in [-0.25, -0.2) is 9.37 Å². The fourth-order valence-electron chi connectivity index (χ4n) is 2.08. The molecule has 0 spiro atoms. The van der Waals surface area contributed by atoms with Gasteiger partial charge in [0.15, 0.2) is 0 Å². The molecule has 0 fully saturated rings. The zero-order valence-corrected chi connectivity index (χ0v) is 11.7. The van der Waals surface area contributed by atoms with E-state index in [0.29, 0.717) is 11.0 Å². The van der Waals surface area contributed by atoms with Gasteiger partial charge in [-0.15, -0.1) is 0 Å². The third-order valence-corrected chi connectivity index (χ3v) is 3.45. The van der Waals surface area contributed by atoms with Gasteiger partial charge in [0.05, 0.1) is 28.4 Å². The van der Waals surface area contributed by atoms with Crippen molar-refractivity contribution in [3.05, 3.63) is 52.3 Å². The number of rotatable bonds is 1. The van der Waals surface area contributed by atoms with Gasteiger partial charge in [-0.3, -0.25) is 4.57 Å². The maximum Gasteiger partial charge on any atom is 0.206 e. The molecule has 0 unspecified atom stereocenters. The lowest BCUT2D eigenvalue weighted by Crippen LogP contribution is -2.03. The van der Waals surface area contributed by atoms with Crippen LogP contribution in [0.2, 0.25) is 0 Å². The standard InChI is InChI=1S/C14H8BrFN4/c15-9-2-4-13-11(6-9)19-14(18)20(13)12-3-1-8(7-17)5-10(12)16/h1-6H,(H2,18,19). The van der Waals surface area contributed by atoms with Gasteiger partial charge in [0, 0.05) is 4.47 Å². The van der Waals surface area contributed by atoms with Gasteiger partial charge in [-0.2, -0.15) is 5.26 Å². The van der Waals surface area contributed by atoms with Crippen LogP contribution in [0.5, 0.6) is 0 Å². The molecule has 0 aliphatic heterocycles. The van der Waals surface area contributed by atoms with Crippen LogP contribution in [0.4, 0.5) is 10.3 Å². The fraction of sp³-hybridized carbons (Fsp3) is 0. The lowest BCUT2D eigenvalue weighted by molar-refractivity contribution is 0.619. The average Bonchev–Trinajstić information content (AvgIpc) is 2.73. The molecule has 0 bridgehead atoms. The van der Waals surface area contributed by atoms with Gasteiger partial charge in [0.25, 0.3) is 0 Å². The lowest BCUT2D eigenvalue weighted by Gasteiger charge is -2.08. The third kappa shape index (κ3) is 1.92. The number of nitriles is 1. The maximum atomic E-state index is 14.1. The molecule has 3 aromatic rings. The summed E-state index contributed by atoms with van der Waals surface area (Å²) in [6.45, 7) is 0. The molecule has 20 heavy (non-hydrogen) atoms. The molecule has 2 aromatic carbocycles. The van der Waals surface area contributed by atoms with E-state index in [0.717, 1.165) is 4.47 Å². The van der Waals surface area contributed by atoms with Crippen molar-refractivity contribution in [3.8, 4) is 11.8 Å². The molecular formula is C14H8BrFN4. The van der Waals surface area contributed by atoms with Gasteiger partial charge in [0.2, 0.25) is 5.95 Å². The largest absolute Gasteiger partial charge is 0.369 e. The smallest absolute Gasteiger partial charge is 0.206 e. The number of nitrogen functional groups attached to an aromatic ring is 1. The Morgan fingerprint density at radius 2 is 2.05 bits per heavy atom. The Morgan fingerprint density at radius 1 is 1.25 bits per heavy atom. The van der Waals surface area contributed by atoms with Crippen molar-refractivity contribution in [1.29, 1.82) is 5.26 Å². The Labute approximate surface area is 122 Å². The molecule has 0 saturated carbocycles. The minimum absolute atomic E-state index is 0.196. The zero-order chi connectivity index (χ0) is 14.3. The summed E-state index contributed by atoms with van der Waals surface area (Å²) in [4.78, 5) is 4.21. The molecule has 0 radical (unpaired) electrons. The predicted molar refractivity (Wildman–Crippen MR) is 77.9 cm³/mol. The summed E-state index contributed by atoms with van der Waals surface area (Å²) >= 11 is 3.36. The summed E-state index contributed by atoms with van der Waals surface area (Å²) in [5.74, 6) is -0.320. The van der Waals surface area contributed by atoms with Crippen LogP contribution in [0.15, 0.2) is 40.9 Å². The van der Waals surface area contributed by atoms with Crippen LogP contribution in [-0.4, -0.2) is 9.55 Å². The molecule has 0 atom stereocenters. The van der Waals surface area contributed by atoms with Gasteiger partial charge >= 0.3 is 0 Å². The van der Waals surface area contributed by atoms with Crippen molar-refractivity contribution in [2.75, 3.05) is 5.73 Å². The Bertz CT molecular complexity index is 863. The number of benzene rings is 2. The second-order valence-corrected chi connectivity index (χ2v) is 5.13. The summed E-state index contributed by atoms with van der Waals surface area (Å²) in [6, 6.07) is 11.6. The first-order valence-electron chi connectivity index (χ1n) is 5.73. The molecule has 98 valence electrons. The monoisotopic (exact) mass is 330 g/mol. The van der Waals surface area contributed by atoms with Crippen molar-refractivity contribution in [2.45, 2.75) is 0 Å². The molecule has 1 heterocycles. The van der Waals surface area contributed by atoms with Crippen LogP contribution in [0, 0.1) is 17.1 Å². The number of aromatic nitrogens is 2. The van der Waals surface area contributed by atoms with Crippen molar-refractivity contribution in [2.24, 2.45) is 0 Å². The van der Waals surface area contributed by atoms with E-state index in [4.69, 9.17) is 11.0 Å². The Kier molecular flexibility index (Phi) is 2.92. The van der Waals surface area contributed by atoms with E-state index in [1.54, 1.807) is 12.1 Å². The molecule has 3 rings (SSSR count). The number of hydrogen-bond donors (Lipinski definition) is 1. The highest BCUT2D eigenvalue weighted by atomic mass is 79.9. The van der Waals surface area contributed by atoms with E-state index in [1.807, 2.05) is 18.2 Å². The van der Waals surface area contributed by atoms with E-state index >= 15 is 0 Å². The van der Waals surface area contributed by atoms with Crippen LogP contribution >= 0.6 is 15.9 Å². The predicted octanol–water partition coefficient (Wildman–Crippen LogP) is 3.38. The van der Waals surface area contributed by atoms with Crippen LogP contribution in [0.25, 0.3) is 16.7 Å². The number of nitrogens with two attached hydrogens (primary N) is 1. The third-order valence-electron chi connectivity index (χ3n) is 2.96. The fourth-order valence-corrected chi connectivity index (χ4v) is 2.43. The molecule has 6 heteroatoms.